The summed E-state index contributed by atoms with van der Waals surface area (Å²) in [5.41, 5.74) is 0. The van der Waals surface area contributed by atoms with Gasteiger partial charge in [0.25, 0.3) is 0 Å². The van der Waals surface area contributed by atoms with E-state index in [1.165, 1.54) is 308 Å². The minimum absolute atomic E-state index is 0.713. The summed E-state index contributed by atoms with van der Waals surface area (Å²) in [4.78, 5) is 0. The Kier molecular flexibility index (Phi) is 49.0. The van der Waals surface area contributed by atoms with Gasteiger partial charge in [-0.3, -0.25) is 0 Å². The van der Waals surface area contributed by atoms with Crippen molar-refractivity contribution in [2.75, 3.05) is 0 Å². The topological polar surface area (TPSA) is 0 Å². The average molecular weight is 730 g/mol. The van der Waals surface area contributed by atoms with Gasteiger partial charge in [-0.15, -0.1) is 0 Å². The Hall–Kier alpha value is 0. The van der Waals surface area contributed by atoms with Gasteiger partial charge in [0, 0.05) is 0 Å². The highest BCUT2D eigenvalue weighted by molar-refractivity contribution is 4.62. The zero-order valence-electron chi connectivity index (χ0n) is 37.2. The van der Waals surface area contributed by atoms with E-state index in [-0.39, 0.29) is 0 Å². The van der Waals surface area contributed by atoms with Crippen LogP contribution in [0.2, 0.25) is 0 Å². The monoisotopic (exact) mass is 730 g/mol. The Morgan fingerprint density at radius 2 is 0.308 bits per heavy atom. The lowest BCUT2D eigenvalue weighted by molar-refractivity contribution is 0.459. The Balaban J connectivity index is 3.14. The van der Waals surface area contributed by atoms with Crippen LogP contribution in [0.1, 0.15) is 322 Å². The van der Waals surface area contributed by atoms with Crippen LogP contribution in [0, 0.1) is 12.8 Å². The van der Waals surface area contributed by atoms with Gasteiger partial charge >= 0.3 is 0 Å². The molecule has 0 aliphatic rings. The van der Waals surface area contributed by atoms with Gasteiger partial charge in [0.2, 0.25) is 0 Å². The highest BCUT2D eigenvalue weighted by Gasteiger charge is 2.03. The van der Waals surface area contributed by atoms with Crippen LogP contribution in [0.4, 0.5) is 0 Å². The fourth-order valence-corrected chi connectivity index (χ4v) is 8.58. The summed E-state index contributed by atoms with van der Waals surface area (Å²) < 4.78 is 0. The van der Waals surface area contributed by atoms with Crippen molar-refractivity contribution in [3.8, 4) is 0 Å². The summed E-state index contributed by atoms with van der Waals surface area (Å²) in [6.45, 7) is 9.11. The van der Waals surface area contributed by atoms with Gasteiger partial charge in [0.05, 0.1) is 0 Å². The molecule has 0 saturated carbocycles. The van der Waals surface area contributed by atoms with Gasteiger partial charge < -0.3 is 0 Å². The van der Waals surface area contributed by atoms with E-state index in [0.717, 1.165) is 0 Å². The minimum Gasteiger partial charge on any atom is -0.0654 e. The Labute approximate surface area is 333 Å². The molecule has 0 saturated heterocycles. The normalized spacial score (nSPS) is 12.3. The van der Waals surface area contributed by atoms with Crippen LogP contribution in [0.3, 0.4) is 0 Å². The van der Waals surface area contributed by atoms with Gasteiger partial charge in [-0.05, 0) is 5.92 Å². The smallest absolute Gasteiger partial charge is 0.0414 e. The van der Waals surface area contributed by atoms with E-state index in [2.05, 4.69) is 20.8 Å². The van der Waals surface area contributed by atoms with Crippen LogP contribution in [0.15, 0.2) is 0 Å². The Bertz CT molecular complexity index is 579. The van der Waals surface area contributed by atoms with Crippen molar-refractivity contribution in [3.05, 3.63) is 6.92 Å². The van der Waals surface area contributed by atoms with Crippen molar-refractivity contribution < 1.29 is 0 Å². The molecule has 0 aromatic heterocycles. The first-order valence-electron chi connectivity index (χ1n) is 25.6. The molecule has 1 atom stereocenters. The minimum atomic E-state index is 0.713. The fourth-order valence-electron chi connectivity index (χ4n) is 8.58. The third-order valence-electron chi connectivity index (χ3n) is 12.4. The standard InChI is InChI=1S/C52H105/c1-4-6-8-10-12-14-16-18-20-22-24-26-28-29-31-33-35-37-39-41-43-45-47-49-51-52(3)50-48-46-44-42-40-38-36-34-32-30-27-25-23-21-19-17-15-13-11-9-7-5-2/h52H,3-51H2,1-2H3. The molecule has 313 valence electrons. The molecule has 0 rings (SSSR count). The molecule has 0 heteroatoms. The third-order valence-corrected chi connectivity index (χ3v) is 12.4. The molecule has 0 spiro atoms. The maximum atomic E-state index is 4.49. The lowest BCUT2D eigenvalue weighted by Crippen LogP contribution is -1.95. The summed E-state index contributed by atoms with van der Waals surface area (Å²) in [5, 5.41) is 0. The fraction of sp³-hybridized carbons (Fsp3) is 0.981. The molecular weight excluding hydrogens is 625 g/mol. The van der Waals surface area contributed by atoms with E-state index in [1.807, 2.05) is 0 Å². The van der Waals surface area contributed by atoms with Crippen LogP contribution >= 0.6 is 0 Å². The van der Waals surface area contributed by atoms with E-state index in [4.69, 9.17) is 0 Å². The summed E-state index contributed by atoms with van der Waals surface area (Å²) in [6.07, 6.45) is 70.5. The zero-order valence-corrected chi connectivity index (χ0v) is 37.2. The van der Waals surface area contributed by atoms with Gasteiger partial charge in [-0.1, -0.05) is 329 Å². The Morgan fingerprint density at radius 1 is 0.192 bits per heavy atom. The van der Waals surface area contributed by atoms with E-state index >= 15 is 0 Å². The molecular formula is C52H105. The lowest BCUT2D eigenvalue weighted by atomic mass is 9.95. The maximum Gasteiger partial charge on any atom is -0.0414 e. The molecule has 0 aromatic carbocycles. The predicted octanol–water partition coefficient (Wildman–Crippen LogP) is 20.2. The first-order chi connectivity index (χ1) is 25.8. The van der Waals surface area contributed by atoms with Crippen LogP contribution in [-0.2, 0) is 0 Å². The molecule has 0 amide bonds. The van der Waals surface area contributed by atoms with Crippen LogP contribution in [0.25, 0.3) is 0 Å². The van der Waals surface area contributed by atoms with Crippen LogP contribution in [0.5, 0.6) is 0 Å². The molecule has 0 N–H and O–H groups in total. The van der Waals surface area contributed by atoms with Gasteiger partial charge in [0.15, 0.2) is 0 Å². The van der Waals surface area contributed by atoms with Gasteiger partial charge in [-0.25, -0.2) is 0 Å². The second kappa shape index (κ2) is 49.0. The average Bonchev–Trinajstić information content (AvgIpc) is 3.15. The van der Waals surface area contributed by atoms with Crippen LogP contribution in [-0.4, -0.2) is 0 Å². The number of hydrogen-bond donors (Lipinski definition) is 0. The van der Waals surface area contributed by atoms with E-state index in [0.29, 0.717) is 5.92 Å². The number of hydrogen-bond acceptors (Lipinski definition) is 0. The molecule has 0 nitrogen and oxygen atoms in total. The zero-order chi connectivity index (χ0) is 37.5. The van der Waals surface area contributed by atoms with Crippen molar-refractivity contribution in [3.63, 3.8) is 0 Å². The van der Waals surface area contributed by atoms with Crippen molar-refractivity contribution >= 4 is 0 Å². The quantitative estimate of drug-likeness (QED) is 0.0547. The van der Waals surface area contributed by atoms with Crippen molar-refractivity contribution in [2.45, 2.75) is 322 Å². The van der Waals surface area contributed by atoms with E-state index in [9.17, 15) is 0 Å². The molecule has 0 aliphatic heterocycles. The summed E-state index contributed by atoms with van der Waals surface area (Å²) in [6, 6.07) is 0. The third kappa shape index (κ3) is 48.0. The lowest BCUT2D eigenvalue weighted by Gasteiger charge is -2.11. The molecule has 1 unspecified atom stereocenters. The predicted molar refractivity (Wildman–Crippen MR) is 242 cm³/mol. The molecule has 0 aromatic rings. The second-order valence-corrected chi connectivity index (χ2v) is 18.0. The second-order valence-electron chi connectivity index (χ2n) is 18.0. The summed E-state index contributed by atoms with van der Waals surface area (Å²) in [5.74, 6) is 0.713. The highest BCUT2D eigenvalue weighted by Crippen LogP contribution is 2.20. The Morgan fingerprint density at radius 3 is 0.442 bits per heavy atom. The maximum absolute atomic E-state index is 4.49. The highest BCUT2D eigenvalue weighted by atomic mass is 14.1. The first-order valence-corrected chi connectivity index (χ1v) is 25.6. The number of rotatable bonds is 48. The van der Waals surface area contributed by atoms with Crippen LogP contribution < -0.4 is 0 Å². The molecule has 0 aliphatic carbocycles. The molecule has 1 radical (unpaired) electrons. The first kappa shape index (κ1) is 52.0. The molecule has 0 bridgehead atoms. The molecule has 0 fully saturated rings. The van der Waals surface area contributed by atoms with Crippen molar-refractivity contribution in [1.82, 2.24) is 0 Å². The SMILES string of the molecule is [CH2]C(CCCCCCCCCCCCCCCCCCCCCCCC)CCCCCCCCCCCCCCCCCCCCCCCCCC. The number of unbranched alkanes of at least 4 members (excludes halogenated alkanes) is 44. The largest absolute Gasteiger partial charge is 0.0654 e. The van der Waals surface area contributed by atoms with E-state index in [1.54, 1.807) is 0 Å². The van der Waals surface area contributed by atoms with Gasteiger partial charge in [0.1, 0.15) is 0 Å². The van der Waals surface area contributed by atoms with Gasteiger partial charge in [-0.2, -0.15) is 0 Å². The molecule has 0 heterocycles. The molecule has 52 heavy (non-hydrogen) atoms. The van der Waals surface area contributed by atoms with E-state index < -0.39 is 0 Å². The summed E-state index contributed by atoms with van der Waals surface area (Å²) >= 11 is 0. The van der Waals surface area contributed by atoms with Crippen molar-refractivity contribution in [2.24, 2.45) is 5.92 Å². The van der Waals surface area contributed by atoms with Crippen molar-refractivity contribution in [1.29, 1.82) is 0 Å². The summed E-state index contributed by atoms with van der Waals surface area (Å²) in [7, 11) is 0.